The van der Waals surface area contributed by atoms with Crippen molar-refractivity contribution in [3.05, 3.63) is 71.3 Å². The Morgan fingerprint density at radius 3 is 2.62 bits per heavy atom. The van der Waals surface area contributed by atoms with E-state index in [-0.39, 0.29) is 12.4 Å². The topological polar surface area (TPSA) is 66.0 Å². The van der Waals surface area contributed by atoms with Crippen LogP contribution in [0.4, 0.5) is 4.39 Å². The maximum absolute atomic E-state index is 12.9. The number of benzene rings is 2. The molecule has 0 aliphatic carbocycles. The van der Waals surface area contributed by atoms with Gasteiger partial charge in [-0.2, -0.15) is 0 Å². The van der Waals surface area contributed by atoms with Crippen LogP contribution in [0.3, 0.4) is 0 Å². The lowest BCUT2D eigenvalue weighted by Gasteiger charge is -2.07. The van der Waals surface area contributed by atoms with Crippen molar-refractivity contribution in [1.82, 2.24) is 14.9 Å². The molecule has 0 spiro atoms. The second-order valence-electron chi connectivity index (χ2n) is 5.23. The molecule has 7 heteroatoms. The van der Waals surface area contributed by atoms with Gasteiger partial charge < -0.3 is 10.6 Å². The summed E-state index contributed by atoms with van der Waals surface area (Å²) in [5.41, 5.74) is 2.46. The summed E-state index contributed by atoms with van der Waals surface area (Å²) in [7, 11) is 0. The molecule has 0 unspecified atom stereocenters. The lowest BCUT2D eigenvalue weighted by Crippen LogP contribution is -2.15. The molecule has 0 aliphatic rings. The largest absolute Gasteiger partial charge is 0.486 e. The lowest BCUT2D eigenvalue weighted by molar-refractivity contribution is 0.291. The third-order valence-electron chi connectivity index (χ3n) is 3.53. The first kappa shape index (κ1) is 16.3. The number of nitrogens with two attached hydrogens (primary N) is 1. The third kappa shape index (κ3) is 3.86. The average molecular weight is 344 g/mol. The summed E-state index contributed by atoms with van der Waals surface area (Å²) in [5.74, 6) is 7.54. The van der Waals surface area contributed by atoms with E-state index >= 15 is 0 Å². The van der Waals surface area contributed by atoms with Crippen molar-refractivity contribution in [3.63, 3.8) is 0 Å². The van der Waals surface area contributed by atoms with Gasteiger partial charge in [0.25, 0.3) is 0 Å². The highest BCUT2D eigenvalue weighted by molar-refractivity contribution is 7.98. The van der Waals surface area contributed by atoms with E-state index in [1.54, 1.807) is 12.1 Å². The molecular weight excluding hydrogens is 327 g/mol. The summed E-state index contributed by atoms with van der Waals surface area (Å²) >= 11 is 1.52. The number of ether oxygens (including phenoxy) is 1. The first-order valence-electron chi connectivity index (χ1n) is 7.38. The number of aryl methyl sites for hydroxylation is 1. The quantitative estimate of drug-likeness (QED) is 0.549. The van der Waals surface area contributed by atoms with Gasteiger partial charge in [-0.25, -0.2) is 9.07 Å². The predicted octanol–water partition coefficient (Wildman–Crippen LogP) is 3.31. The zero-order chi connectivity index (χ0) is 16.9. The number of nitrogen functional groups attached to an aromatic ring is 1. The van der Waals surface area contributed by atoms with Crippen LogP contribution in [0.2, 0.25) is 0 Å². The number of halogens is 1. The number of thioether (sulfide) groups is 1. The summed E-state index contributed by atoms with van der Waals surface area (Å²) in [6.07, 6.45) is 0. The Balaban J connectivity index is 1.61. The van der Waals surface area contributed by atoms with Crippen molar-refractivity contribution in [1.29, 1.82) is 0 Å². The molecule has 0 aliphatic heterocycles. The Hall–Kier alpha value is -2.54. The molecule has 3 rings (SSSR count). The maximum Gasteiger partial charge on any atom is 0.210 e. The normalized spacial score (nSPS) is 10.8. The molecule has 3 aromatic rings. The first-order chi connectivity index (χ1) is 11.6. The summed E-state index contributed by atoms with van der Waals surface area (Å²) in [6, 6.07) is 14.0. The molecule has 0 atom stereocenters. The van der Waals surface area contributed by atoms with Gasteiger partial charge in [-0.05, 0) is 42.3 Å². The number of nitrogens with zero attached hydrogens (tertiary/aromatic N) is 3. The van der Waals surface area contributed by atoms with Gasteiger partial charge >= 0.3 is 0 Å². The Labute approximate surface area is 143 Å². The van der Waals surface area contributed by atoms with Crippen LogP contribution in [0.25, 0.3) is 0 Å². The molecule has 0 saturated carbocycles. The maximum atomic E-state index is 12.9. The fourth-order valence-electron chi connectivity index (χ4n) is 2.10. The molecule has 0 amide bonds. The Kier molecular flexibility index (Phi) is 5.00. The van der Waals surface area contributed by atoms with Crippen LogP contribution in [-0.4, -0.2) is 14.9 Å². The molecule has 5 nitrogen and oxygen atoms in total. The number of hydrogen-bond acceptors (Lipinski definition) is 5. The average Bonchev–Trinajstić information content (AvgIpc) is 2.94. The minimum absolute atomic E-state index is 0.167. The molecule has 0 saturated heterocycles. The molecule has 0 fully saturated rings. The molecule has 124 valence electrons. The first-order valence-corrected chi connectivity index (χ1v) is 8.37. The van der Waals surface area contributed by atoms with Gasteiger partial charge in [-0.3, -0.25) is 0 Å². The van der Waals surface area contributed by atoms with E-state index in [1.807, 2.05) is 12.1 Å². The van der Waals surface area contributed by atoms with Gasteiger partial charge in [0.1, 0.15) is 18.2 Å². The van der Waals surface area contributed by atoms with Crippen LogP contribution in [0.5, 0.6) is 5.75 Å². The van der Waals surface area contributed by atoms with E-state index in [2.05, 4.69) is 29.3 Å². The van der Waals surface area contributed by atoms with Gasteiger partial charge in [0.2, 0.25) is 5.16 Å². The third-order valence-corrected chi connectivity index (χ3v) is 4.53. The van der Waals surface area contributed by atoms with Gasteiger partial charge in [0.05, 0.1) is 0 Å². The minimum Gasteiger partial charge on any atom is -0.486 e. The molecule has 24 heavy (non-hydrogen) atoms. The lowest BCUT2D eigenvalue weighted by atomic mass is 10.1. The second kappa shape index (κ2) is 7.35. The van der Waals surface area contributed by atoms with E-state index in [4.69, 9.17) is 10.6 Å². The molecule has 2 N–H and O–H groups in total. The van der Waals surface area contributed by atoms with Crippen molar-refractivity contribution < 1.29 is 9.13 Å². The molecule has 0 bridgehead atoms. The van der Waals surface area contributed by atoms with E-state index in [0.29, 0.717) is 16.7 Å². The Morgan fingerprint density at radius 2 is 1.88 bits per heavy atom. The zero-order valence-electron chi connectivity index (χ0n) is 13.1. The van der Waals surface area contributed by atoms with Crippen LogP contribution in [0.1, 0.15) is 17.0 Å². The van der Waals surface area contributed by atoms with Crippen LogP contribution in [-0.2, 0) is 12.4 Å². The van der Waals surface area contributed by atoms with E-state index in [9.17, 15) is 4.39 Å². The molecule has 2 aromatic carbocycles. The number of aromatic nitrogens is 3. The highest BCUT2D eigenvalue weighted by Crippen LogP contribution is 2.22. The summed E-state index contributed by atoms with van der Waals surface area (Å²) in [4.78, 5) is 0. The predicted molar refractivity (Wildman–Crippen MR) is 91.6 cm³/mol. The number of hydrogen-bond donors (Lipinski definition) is 1. The standard InChI is InChI=1S/C17H17FN4OS/c1-12-4-2-3-5-13(12)11-24-17-21-20-16(22(17)19)10-23-15-8-6-14(18)7-9-15/h2-9H,10-11,19H2,1H3. The van der Waals surface area contributed by atoms with Crippen LogP contribution < -0.4 is 10.6 Å². The fraction of sp³-hybridized carbons (Fsp3) is 0.176. The van der Waals surface area contributed by atoms with Gasteiger partial charge in [0, 0.05) is 5.75 Å². The molecule has 1 aromatic heterocycles. The van der Waals surface area contributed by atoms with Crippen molar-refractivity contribution in [2.75, 3.05) is 5.84 Å². The minimum atomic E-state index is -0.306. The van der Waals surface area contributed by atoms with Crippen LogP contribution in [0, 0.1) is 12.7 Å². The number of rotatable bonds is 6. The van der Waals surface area contributed by atoms with E-state index < -0.39 is 0 Å². The smallest absolute Gasteiger partial charge is 0.210 e. The highest BCUT2D eigenvalue weighted by atomic mass is 32.2. The monoisotopic (exact) mass is 344 g/mol. The molecule has 0 radical (unpaired) electrons. The SMILES string of the molecule is Cc1ccccc1CSc1nnc(COc2ccc(F)cc2)n1N. The van der Waals surface area contributed by atoms with Gasteiger partial charge in [-0.1, -0.05) is 36.0 Å². The highest BCUT2D eigenvalue weighted by Gasteiger charge is 2.11. The summed E-state index contributed by atoms with van der Waals surface area (Å²) in [5, 5.41) is 8.77. The van der Waals surface area contributed by atoms with Gasteiger partial charge in [-0.15, -0.1) is 10.2 Å². The Morgan fingerprint density at radius 1 is 1.12 bits per heavy atom. The molecular formula is C17H17FN4OS. The Bertz CT molecular complexity index is 820. The van der Waals surface area contributed by atoms with E-state index in [1.165, 1.54) is 39.7 Å². The van der Waals surface area contributed by atoms with Crippen molar-refractivity contribution in [2.45, 2.75) is 24.4 Å². The zero-order valence-corrected chi connectivity index (χ0v) is 14.0. The van der Waals surface area contributed by atoms with Crippen molar-refractivity contribution in [2.24, 2.45) is 0 Å². The van der Waals surface area contributed by atoms with Crippen molar-refractivity contribution in [3.8, 4) is 5.75 Å². The van der Waals surface area contributed by atoms with E-state index in [0.717, 1.165) is 5.75 Å². The van der Waals surface area contributed by atoms with Crippen LogP contribution in [0.15, 0.2) is 53.7 Å². The summed E-state index contributed by atoms with van der Waals surface area (Å²) < 4.78 is 19.8. The second-order valence-corrected chi connectivity index (χ2v) is 6.17. The van der Waals surface area contributed by atoms with Gasteiger partial charge in [0.15, 0.2) is 5.82 Å². The van der Waals surface area contributed by atoms with Crippen LogP contribution >= 0.6 is 11.8 Å². The molecule has 1 heterocycles. The summed E-state index contributed by atoms with van der Waals surface area (Å²) in [6.45, 7) is 2.24. The van der Waals surface area contributed by atoms with Crippen molar-refractivity contribution >= 4 is 11.8 Å². The fourth-order valence-corrected chi connectivity index (χ4v) is 3.05.